The Morgan fingerprint density at radius 1 is 0.920 bits per heavy atom. The van der Waals surface area contributed by atoms with E-state index < -0.39 is 40.9 Å². The number of carboxylic acid groups (broad SMARTS) is 1. The van der Waals surface area contributed by atoms with Crippen molar-refractivity contribution in [2.45, 2.75) is 116 Å². The van der Waals surface area contributed by atoms with Crippen LogP contribution in [-0.2, 0) is 44.6 Å². The second-order valence-electron chi connectivity index (χ2n) is 15.9. The van der Waals surface area contributed by atoms with Gasteiger partial charge >= 0.3 is 29.8 Å². The SMILES string of the molecule is CC(=O)Oc1ccc(CC(CC(=O)O)CC(=O)O[C@H]2CC[C@@]3(C)[C@H](CC[C@@H]4[C@@H]3C[C@@H](OC(C)=O)[C@]3(C)[C@@H](C5=CC(=O)OC5)CCC43O)C2)cc1. The first kappa shape index (κ1) is 36.1. The fraction of sp³-hybridized carbons (Fsp3) is 0.667. The van der Waals surface area contributed by atoms with E-state index in [0.717, 1.165) is 30.4 Å². The van der Waals surface area contributed by atoms with E-state index in [-0.39, 0.29) is 66.6 Å². The van der Waals surface area contributed by atoms with Crippen molar-refractivity contribution in [3.05, 3.63) is 41.5 Å². The number of aliphatic carboxylic acids is 1. The number of rotatable bonds is 10. The van der Waals surface area contributed by atoms with Crippen LogP contribution in [0, 0.1) is 40.4 Å². The summed E-state index contributed by atoms with van der Waals surface area (Å²) in [4.78, 5) is 60.7. The topological polar surface area (TPSA) is 163 Å². The molecule has 4 fully saturated rings. The molecule has 0 bridgehead atoms. The molecule has 1 heterocycles. The van der Waals surface area contributed by atoms with Crippen LogP contribution >= 0.6 is 0 Å². The first-order valence-corrected chi connectivity index (χ1v) is 18.1. The Hall–Kier alpha value is -3.73. The number of benzene rings is 1. The highest BCUT2D eigenvalue weighted by Crippen LogP contribution is 2.70. The molecule has 1 aliphatic heterocycles. The van der Waals surface area contributed by atoms with Gasteiger partial charge in [-0.15, -0.1) is 0 Å². The monoisotopic (exact) mass is 694 g/mol. The summed E-state index contributed by atoms with van der Waals surface area (Å²) in [6.45, 7) is 7.26. The maximum Gasteiger partial charge on any atom is 0.331 e. The Kier molecular flexibility index (Phi) is 9.93. The number of hydrogen-bond acceptors (Lipinski definition) is 10. The molecule has 2 unspecified atom stereocenters. The van der Waals surface area contributed by atoms with Crippen molar-refractivity contribution in [2.75, 3.05) is 6.61 Å². The molecular formula is C39H50O11. The van der Waals surface area contributed by atoms with E-state index in [2.05, 4.69) is 6.92 Å². The predicted molar refractivity (Wildman–Crippen MR) is 178 cm³/mol. The summed E-state index contributed by atoms with van der Waals surface area (Å²) in [7, 11) is 0. The lowest BCUT2D eigenvalue weighted by molar-refractivity contribution is -0.251. The molecule has 11 nitrogen and oxygen atoms in total. The molecule has 0 radical (unpaired) electrons. The quantitative estimate of drug-likeness (QED) is 0.185. The molecule has 2 N–H and O–H groups in total. The van der Waals surface area contributed by atoms with Crippen LogP contribution in [0.15, 0.2) is 35.9 Å². The van der Waals surface area contributed by atoms with Crippen LogP contribution in [0.3, 0.4) is 0 Å². The number of ether oxygens (including phenoxy) is 4. The lowest BCUT2D eigenvalue weighted by atomic mass is 9.42. The Balaban J connectivity index is 1.13. The van der Waals surface area contributed by atoms with Gasteiger partial charge in [0.15, 0.2) is 0 Å². The number of carboxylic acids is 1. The van der Waals surface area contributed by atoms with E-state index in [1.165, 1.54) is 13.8 Å². The van der Waals surface area contributed by atoms with Gasteiger partial charge < -0.3 is 29.2 Å². The van der Waals surface area contributed by atoms with Crippen LogP contribution in [0.25, 0.3) is 0 Å². The zero-order valence-electron chi connectivity index (χ0n) is 29.5. The summed E-state index contributed by atoms with van der Waals surface area (Å²) in [5.74, 6) is -2.43. The first-order valence-electron chi connectivity index (χ1n) is 18.1. The van der Waals surface area contributed by atoms with Crippen LogP contribution in [0.2, 0.25) is 0 Å². The molecule has 50 heavy (non-hydrogen) atoms. The molecule has 5 aliphatic rings. The van der Waals surface area contributed by atoms with Gasteiger partial charge in [-0.3, -0.25) is 19.2 Å². The van der Waals surface area contributed by atoms with Gasteiger partial charge in [0.1, 0.15) is 24.6 Å². The number of cyclic esters (lactones) is 1. The van der Waals surface area contributed by atoms with Gasteiger partial charge in [-0.05, 0) is 116 Å². The van der Waals surface area contributed by atoms with Crippen LogP contribution in [0.4, 0.5) is 0 Å². The number of aliphatic hydroxyl groups is 1. The normalized spacial score (nSPS) is 36.5. The van der Waals surface area contributed by atoms with E-state index >= 15 is 0 Å². The lowest BCUT2D eigenvalue weighted by Gasteiger charge is -2.65. The third kappa shape index (κ3) is 6.69. The van der Waals surface area contributed by atoms with Gasteiger partial charge in [-0.25, -0.2) is 4.79 Å². The molecule has 0 aromatic heterocycles. The van der Waals surface area contributed by atoms with Gasteiger partial charge in [-0.1, -0.05) is 26.0 Å². The van der Waals surface area contributed by atoms with Crippen molar-refractivity contribution < 1.29 is 53.1 Å². The molecule has 272 valence electrons. The molecule has 0 amide bonds. The summed E-state index contributed by atoms with van der Waals surface area (Å²) in [5, 5.41) is 22.3. The molecule has 6 rings (SSSR count). The first-order chi connectivity index (χ1) is 23.6. The Morgan fingerprint density at radius 3 is 2.30 bits per heavy atom. The maximum absolute atomic E-state index is 13.3. The van der Waals surface area contributed by atoms with Gasteiger partial charge in [0, 0.05) is 38.2 Å². The van der Waals surface area contributed by atoms with Gasteiger partial charge in [-0.2, -0.15) is 0 Å². The third-order valence-corrected chi connectivity index (χ3v) is 13.2. The van der Waals surface area contributed by atoms with E-state index in [1.54, 1.807) is 30.3 Å². The van der Waals surface area contributed by atoms with Crippen molar-refractivity contribution in [2.24, 2.45) is 40.4 Å². The average molecular weight is 695 g/mol. The second kappa shape index (κ2) is 13.8. The summed E-state index contributed by atoms with van der Waals surface area (Å²) >= 11 is 0. The highest BCUT2D eigenvalue weighted by atomic mass is 16.6. The smallest absolute Gasteiger partial charge is 0.331 e. The number of carbonyl (C=O) groups is 5. The summed E-state index contributed by atoms with van der Waals surface area (Å²) in [6, 6.07) is 6.83. The molecule has 4 saturated carbocycles. The molecular weight excluding hydrogens is 644 g/mol. The fourth-order valence-electron chi connectivity index (χ4n) is 10.9. The van der Waals surface area contributed by atoms with Crippen molar-refractivity contribution >= 4 is 29.8 Å². The maximum atomic E-state index is 13.3. The minimum absolute atomic E-state index is 0.00291. The van der Waals surface area contributed by atoms with Gasteiger partial charge in [0.2, 0.25) is 0 Å². The summed E-state index contributed by atoms with van der Waals surface area (Å²) in [5.41, 5.74) is -0.293. The standard InChI is InChI=1S/C39H50O11/c1-22(40)48-28-8-5-24(6-9-28)15-25(16-34(42)43)17-36(45)50-29-11-13-37(3)27(19-29)7-10-31-32(37)20-33(49-23(2)41)38(4)30(12-14-39(31,38)46)26-18-35(44)47-21-26/h5-6,8-9,18,25,27,29-33,46H,7,10-17,19-21H2,1-4H3,(H,42,43)/t25?,27-,29+,30-,31-,32+,33-,37+,38+,39?/m1/s1. The zero-order chi connectivity index (χ0) is 36.0. The van der Waals surface area contributed by atoms with E-state index in [1.807, 2.05) is 6.92 Å². The number of esters is 4. The number of carbonyl (C=O) groups excluding carboxylic acids is 4. The molecule has 0 saturated heterocycles. The molecule has 4 aliphatic carbocycles. The zero-order valence-corrected chi connectivity index (χ0v) is 29.5. The second-order valence-corrected chi connectivity index (χ2v) is 15.9. The van der Waals surface area contributed by atoms with Crippen LogP contribution in [0.1, 0.15) is 97.5 Å². The Labute approximate surface area is 293 Å². The minimum Gasteiger partial charge on any atom is -0.481 e. The average Bonchev–Trinajstić information content (AvgIpc) is 3.58. The van der Waals surface area contributed by atoms with Gasteiger partial charge in [0.05, 0.1) is 5.60 Å². The summed E-state index contributed by atoms with van der Waals surface area (Å²) in [6.07, 6.45) is 6.61. The van der Waals surface area contributed by atoms with E-state index in [4.69, 9.17) is 18.9 Å². The highest BCUT2D eigenvalue weighted by molar-refractivity contribution is 5.85. The molecule has 10 atom stereocenters. The van der Waals surface area contributed by atoms with Crippen LogP contribution in [0.5, 0.6) is 5.75 Å². The largest absolute Gasteiger partial charge is 0.481 e. The summed E-state index contributed by atoms with van der Waals surface area (Å²) < 4.78 is 22.5. The third-order valence-electron chi connectivity index (χ3n) is 13.2. The Morgan fingerprint density at radius 2 is 1.66 bits per heavy atom. The molecule has 1 aromatic rings. The number of fused-ring (bicyclic) bond motifs is 5. The van der Waals surface area contributed by atoms with Crippen molar-refractivity contribution in [1.82, 2.24) is 0 Å². The van der Waals surface area contributed by atoms with E-state index in [9.17, 15) is 34.2 Å². The predicted octanol–water partition coefficient (Wildman–Crippen LogP) is 5.35. The van der Waals surface area contributed by atoms with Gasteiger partial charge in [0.25, 0.3) is 0 Å². The fourth-order valence-corrected chi connectivity index (χ4v) is 10.9. The highest BCUT2D eigenvalue weighted by Gasteiger charge is 2.72. The minimum atomic E-state index is -1.08. The van der Waals surface area contributed by atoms with Crippen LogP contribution in [-0.4, -0.2) is 64.5 Å². The lowest BCUT2D eigenvalue weighted by Crippen LogP contribution is -2.67. The number of hydrogen-bond donors (Lipinski definition) is 2. The van der Waals surface area contributed by atoms with Crippen molar-refractivity contribution in [3.63, 3.8) is 0 Å². The Bertz CT molecular complexity index is 1550. The molecule has 0 spiro atoms. The van der Waals surface area contributed by atoms with E-state index in [0.29, 0.717) is 44.3 Å². The van der Waals surface area contributed by atoms with Crippen molar-refractivity contribution in [1.29, 1.82) is 0 Å². The molecule has 1 aromatic carbocycles. The molecule has 11 heteroatoms. The van der Waals surface area contributed by atoms with Crippen LogP contribution < -0.4 is 4.74 Å². The van der Waals surface area contributed by atoms with Crippen molar-refractivity contribution in [3.8, 4) is 5.75 Å².